The number of ketones is 1. The third-order valence-corrected chi connectivity index (χ3v) is 3.47. The average Bonchev–Trinajstić information content (AvgIpc) is 2.77. The van der Waals surface area contributed by atoms with Crippen LogP contribution in [-0.2, 0) is 12.8 Å². The fraction of sp³-hybridized carbons (Fsp3) is 0.500. The van der Waals surface area contributed by atoms with Gasteiger partial charge in [0, 0.05) is 11.5 Å². The summed E-state index contributed by atoms with van der Waals surface area (Å²) in [5.74, 6) is -0.154. The van der Waals surface area contributed by atoms with Gasteiger partial charge in [-0.2, -0.15) is 0 Å². The van der Waals surface area contributed by atoms with Gasteiger partial charge in [-0.3, -0.25) is 4.79 Å². The lowest BCUT2D eigenvalue weighted by molar-refractivity contribution is 0.0856. The summed E-state index contributed by atoms with van der Waals surface area (Å²) in [6.07, 6.45) is 4.13. The van der Waals surface area contributed by atoms with E-state index in [1.165, 1.54) is 17.5 Å². The number of rotatable bonds is 4. The molecule has 2 nitrogen and oxygen atoms in total. The number of aliphatic hydroxyl groups is 1. The molecule has 2 rings (SSSR count). The molecule has 1 aliphatic rings. The summed E-state index contributed by atoms with van der Waals surface area (Å²) in [6, 6.07) is 5.99. The van der Waals surface area contributed by atoms with Gasteiger partial charge >= 0.3 is 0 Å². The molecule has 1 aliphatic carbocycles. The quantitative estimate of drug-likeness (QED) is 0.788. The van der Waals surface area contributed by atoms with Crippen LogP contribution in [0.5, 0.6) is 0 Å². The van der Waals surface area contributed by atoms with E-state index >= 15 is 0 Å². The number of Topliss-reactive ketones (excluding diaryl/α,β-unsaturated/α-hetero) is 1. The van der Waals surface area contributed by atoms with E-state index in [1.807, 2.05) is 19.1 Å². The van der Waals surface area contributed by atoms with Crippen LogP contribution in [0.15, 0.2) is 18.2 Å². The second-order valence-corrected chi connectivity index (χ2v) is 4.49. The van der Waals surface area contributed by atoms with E-state index in [0.717, 1.165) is 18.4 Å². The highest BCUT2D eigenvalue weighted by Crippen LogP contribution is 2.24. The molecule has 2 heteroatoms. The molecule has 86 valence electrons. The molecule has 1 aromatic rings. The number of hydrogen-bond donors (Lipinski definition) is 1. The van der Waals surface area contributed by atoms with Gasteiger partial charge in [0.05, 0.1) is 6.61 Å². The molecule has 1 unspecified atom stereocenters. The molecule has 0 aromatic heterocycles. The number of hydrogen-bond acceptors (Lipinski definition) is 2. The molecule has 0 spiro atoms. The first-order valence-electron chi connectivity index (χ1n) is 6.03. The van der Waals surface area contributed by atoms with Gasteiger partial charge in [-0.25, -0.2) is 0 Å². The van der Waals surface area contributed by atoms with E-state index in [4.69, 9.17) is 5.11 Å². The summed E-state index contributed by atoms with van der Waals surface area (Å²) in [4.78, 5) is 12.0. The van der Waals surface area contributed by atoms with E-state index in [0.29, 0.717) is 6.42 Å². The molecule has 0 radical (unpaired) electrons. The van der Waals surface area contributed by atoms with Crippen molar-refractivity contribution < 1.29 is 9.90 Å². The third-order valence-electron chi connectivity index (χ3n) is 3.47. The van der Waals surface area contributed by atoms with Crippen molar-refractivity contribution in [3.8, 4) is 0 Å². The molecule has 0 fully saturated rings. The highest BCUT2D eigenvalue weighted by Gasteiger charge is 2.19. The standard InChI is InChI=1S/C14H18O2/c1-2-10(9-15)14(16)13-7-6-11-4-3-5-12(11)8-13/h6-8,10,15H,2-5,9H2,1H3. The number of carbonyl (C=O) groups is 1. The fourth-order valence-electron chi connectivity index (χ4n) is 2.36. The van der Waals surface area contributed by atoms with Crippen molar-refractivity contribution in [3.63, 3.8) is 0 Å². The Morgan fingerprint density at radius 3 is 2.81 bits per heavy atom. The summed E-state index contributed by atoms with van der Waals surface area (Å²) in [6.45, 7) is 1.89. The fourth-order valence-corrected chi connectivity index (χ4v) is 2.36. The largest absolute Gasteiger partial charge is 0.396 e. The Morgan fingerprint density at radius 1 is 1.38 bits per heavy atom. The van der Waals surface area contributed by atoms with Crippen molar-refractivity contribution >= 4 is 5.78 Å². The Morgan fingerprint density at radius 2 is 2.12 bits per heavy atom. The van der Waals surface area contributed by atoms with Crippen molar-refractivity contribution in [2.24, 2.45) is 5.92 Å². The van der Waals surface area contributed by atoms with Crippen LogP contribution in [-0.4, -0.2) is 17.5 Å². The van der Waals surface area contributed by atoms with Crippen LogP contribution in [0, 0.1) is 5.92 Å². The van der Waals surface area contributed by atoms with E-state index in [1.54, 1.807) is 0 Å². The topological polar surface area (TPSA) is 37.3 Å². The molecular formula is C14H18O2. The van der Waals surface area contributed by atoms with E-state index in [-0.39, 0.29) is 18.3 Å². The van der Waals surface area contributed by atoms with Crippen LogP contribution < -0.4 is 0 Å². The number of fused-ring (bicyclic) bond motifs is 1. The van der Waals surface area contributed by atoms with Crippen LogP contribution in [0.25, 0.3) is 0 Å². The molecule has 1 atom stereocenters. The minimum absolute atomic E-state index is 0.0492. The first-order chi connectivity index (χ1) is 7.76. The average molecular weight is 218 g/mol. The lowest BCUT2D eigenvalue weighted by Crippen LogP contribution is -2.18. The molecule has 0 heterocycles. The van der Waals surface area contributed by atoms with Crippen molar-refractivity contribution in [2.45, 2.75) is 32.6 Å². The zero-order chi connectivity index (χ0) is 11.5. The maximum absolute atomic E-state index is 12.0. The Labute approximate surface area is 96.3 Å². The maximum atomic E-state index is 12.0. The summed E-state index contributed by atoms with van der Waals surface area (Å²) in [5.41, 5.74) is 3.47. The second-order valence-electron chi connectivity index (χ2n) is 4.49. The zero-order valence-corrected chi connectivity index (χ0v) is 9.70. The normalized spacial score (nSPS) is 15.9. The molecule has 0 saturated heterocycles. The lowest BCUT2D eigenvalue weighted by Gasteiger charge is -2.11. The van der Waals surface area contributed by atoms with Gasteiger partial charge in [0.1, 0.15) is 0 Å². The van der Waals surface area contributed by atoms with Crippen LogP contribution in [0.1, 0.15) is 41.3 Å². The van der Waals surface area contributed by atoms with Crippen LogP contribution >= 0.6 is 0 Å². The predicted octanol–water partition coefficient (Wildman–Crippen LogP) is 2.38. The van der Waals surface area contributed by atoms with Crippen molar-refractivity contribution in [1.29, 1.82) is 0 Å². The van der Waals surface area contributed by atoms with Crippen molar-refractivity contribution in [2.75, 3.05) is 6.61 Å². The Bertz CT molecular complexity index is 392. The first kappa shape index (κ1) is 11.3. The van der Waals surface area contributed by atoms with Crippen molar-refractivity contribution in [3.05, 3.63) is 34.9 Å². The zero-order valence-electron chi connectivity index (χ0n) is 9.70. The molecule has 1 aromatic carbocycles. The van der Waals surface area contributed by atoms with Gasteiger partial charge in [0.15, 0.2) is 5.78 Å². The van der Waals surface area contributed by atoms with E-state index in [9.17, 15) is 4.79 Å². The molecular weight excluding hydrogens is 200 g/mol. The summed E-state index contributed by atoms with van der Waals surface area (Å²) in [7, 11) is 0. The summed E-state index contributed by atoms with van der Waals surface area (Å²) < 4.78 is 0. The molecule has 16 heavy (non-hydrogen) atoms. The minimum Gasteiger partial charge on any atom is -0.396 e. The van der Waals surface area contributed by atoms with Gasteiger partial charge in [-0.05, 0) is 42.9 Å². The Hall–Kier alpha value is -1.15. The predicted molar refractivity (Wildman–Crippen MR) is 63.7 cm³/mol. The van der Waals surface area contributed by atoms with E-state index in [2.05, 4.69) is 6.07 Å². The van der Waals surface area contributed by atoms with Gasteiger partial charge in [0.25, 0.3) is 0 Å². The van der Waals surface area contributed by atoms with E-state index < -0.39 is 0 Å². The first-order valence-corrected chi connectivity index (χ1v) is 6.03. The highest BCUT2D eigenvalue weighted by atomic mass is 16.3. The third kappa shape index (κ3) is 2.03. The van der Waals surface area contributed by atoms with Gasteiger partial charge in [0.2, 0.25) is 0 Å². The number of benzene rings is 1. The SMILES string of the molecule is CCC(CO)C(=O)c1ccc2c(c1)CCC2. The lowest BCUT2D eigenvalue weighted by atomic mass is 9.94. The number of aliphatic hydroxyl groups excluding tert-OH is 1. The molecule has 0 aliphatic heterocycles. The summed E-state index contributed by atoms with van der Waals surface area (Å²) in [5, 5.41) is 9.13. The van der Waals surface area contributed by atoms with Crippen LogP contribution in [0.3, 0.4) is 0 Å². The smallest absolute Gasteiger partial charge is 0.168 e. The highest BCUT2D eigenvalue weighted by molar-refractivity contribution is 5.98. The molecule has 0 amide bonds. The number of aryl methyl sites for hydroxylation is 2. The minimum atomic E-state index is -0.237. The van der Waals surface area contributed by atoms with Gasteiger partial charge in [-0.15, -0.1) is 0 Å². The molecule has 1 N–H and O–H groups in total. The molecule has 0 bridgehead atoms. The Kier molecular flexibility index (Phi) is 3.39. The van der Waals surface area contributed by atoms with Crippen molar-refractivity contribution in [1.82, 2.24) is 0 Å². The van der Waals surface area contributed by atoms with Gasteiger partial charge < -0.3 is 5.11 Å². The molecule has 0 saturated carbocycles. The maximum Gasteiger partial charge on any atom is 0.168 e. The second kappa shape index (κ2) is 4.79. The van der Waals surface area contributed by atoms with Crippen LogP contribution in [0.4, 0.5) is 0 Å². The summed E-state index contributed by atoms with van der Waals surface area (Å²) >= 11 is 0. The van der Waals surface area contributed by atoms with Gasteiger partial charge in [-0.1, -0.05) is 19.1 Å². The monoisotopic (exact) mass is 218 g/mol. The Balaban J connectivity index is 2.24. The van der Waals surface area contributed by atoms with Crippen LogP contribution in [0.2, 0.25) is 0 Å². The number of carbonyl (C=O) groups excluding carboxylic acids is 1.